The van der Waals surface area contributed by atoms with Crippen molar-refractivity contribution in [3.05, 3.63) is 29.8 Å². The molecule has 1 aliphatic carbocycles. The average molecular weight is 289 g/mol. The zero-order valence-corrected chi connectivity index (χ0v) is 12.7. The number of methoxy groups -OCH3 is 1. The fourth-order valence-electron chi connectivity index (χ4n) is 4.14. The number of hydrogen-bond acceptors (Lipinski definition) is 3. The number of likely N-dealkylation sites (tertiary alicyclic amines) is 1. The molecule has 0 bridgehead atoms. The van der Waals surface area contributed by atoms with Crippen molar-refractivity contribution in [1.82, 2.24) is 4.90 Å². The Morgan fingerprint density at radius 2 is 2.05 bits per heavy atom. The van der Waals surface area contributed by atoms with Gasteiger partial charge in [-0.1, -0.05) is 18.6 Å². The summed E-state index contributed by atoms with van der Waals surface area (Å²) in [5.41, 5.74) is 1.15. The van der Waals surface area contributed by atoms with Crippen LogP contribution in [0.4, 0.5) is 0 Å². The topological polar surface area (TPSA) is 49.8 Å². The zero-order chi connectivity index (χ0) is 15.0. The van der Waals surface area contributed by atoms with Gasteiger partial charge in [0.25, 0.3) is 0 Å². The molecule has 0 radical (unpaired) electrons. The first-order chi connectivity index (χ1) is 10.1. The smallest absolute Gasteiger partial charge is 0.321 e. The number of carboxylic acid groups (broad SMARTS) is 1. The maximum Gasteiger partial charge on any atom is 0.321 e. The minimum atomic E-state index is -0.662. The number of benzene rings is 1. The van der Waals surface area contributed by atoms with Crippen LogP contribution in [0, 0.1) is 11.8 Å². The third-order valence-electron chi connectivity index (χ3n) is 5.27. The number of nitrogens with zero attached hydrogens (tertiary/aromatic N) is 1. The number of carboxylic acids is 1. The zero-order valence-electron chi connectivity index (χ0n) is 12.7. The van der Waals surface area contributed by atoms with Crippen molar-refractivity contribution in [1.29, 1.82) is 0 Å². The van der Waals surface area contributed by atoms with E-state index in [1.807, 2.05) is 24.3 Å². The lowest BCUT2D eigenvalue weighted by atomic mass is 9.94. The van der Waals surface area contributed by atoms with Crippen LogP contribution in [0.1, 0.15) is 37.8 Å². The first kappa shape index (κ1) is 14.4. The molecule has 1 aliphatic heterocycles. The summed E-state index contributed by atoms with van der Waals surface area (Å²) in [5, 5.41) is 9.65. The molecule has 4 unspecified atom stereocenters. The van der Waals surface area contributed by atoms with Crippen LogP contribution >= 0.6 is 0 Å². The highest BCUT2D eigenvalue weighted by molar-refractivity contribution is 5.74. The van der Waals surface area contributed by atoms with Crippen molar-refractivity contribution in [2.24, 2.45) is 11.8 Å². The van der Waals surface area contributed by atoms with E-state index in [9.17, 15) is 9.90 Å². The molecule has 1 aromatic carbocycles. The van der Waals surface area contributed by atoms with Crippen molar-refractivity contribution in [2.75, 3.05) is 13.7 Å². The number of ether oxygens (including phenoxy) is 1. The minimum Gasteiger partial charge on any atom is -0.497 e. The summed E-state index contributed by atoms with van der Waals surface area (Å²) < 4.78 is 5.19. The average Bonchev–Trinajstić information content (AvgIpc) is 3.06. The molecule has 1 N–H and O–H groups in total. The van der Waals surface area contributed by atoms with Gasteiger partial charge in [-0.05, 0) is 49.3 Å². The van der Waals surface area contributed by atoms with Gasteiger partial charge in [-0.25, -0.2) is 0 Å². The second-order valence-corrected chi connectivity index (χ2v) is 6.28. The van der Waals surface area contributed by atoms with Crippen LogP contribution in [0.15, 0.2) is 24.3 Å². The van der Waals surface area contributed by atoms with E-state index in [-0.39, 0.29) is 12.1 Å². The van der Waals surface area contributed by atoms with Gasteiger partial charge in [0.1, 0.15) is 11.8 Å². The molecule has 4 heteroatoms. The van der Waals surface area contributed by atoms with Crippen LogP contribution in [-0.2, 0) is 4.79 Å². The van der Waals surface area contributed by atoms with E-state index in [2.05, 4.69) is 11.8 Å². The molecule has 0 aromatic heterocycles. The Morgan fingerprint density at radius 1 is 1.33 bits per heavy atom. The highest BCUT2D eigenvalue weighted by Gasteiger charge is 2.49. The molecule has 4 atom stereocenters. The fourth-order valence-corrected chi connectivity index (χ4v) is 4.14. The van der Waals surface area contributed by atoms with E-state index >= 15 is 0 Å². The lowest BCUT2D eigenvalue weighted by Crippen LogP contribution is -2.41. The van der Waals surface area contributed by atoms with Crippen LogP contribution < -0.4 is 4.74 Å². The van der Waals surface area contributed by atoms with Crippen LogP contribution in [0.3, 0.4) is 0 Å². The van der Waals surface area contributed by atoms with Gasteiger partial charge >= 0.3 is 5.97 Å². The number of aliphatic carboxylic acids is 1. The number of hydrogen-bond donors (Lipinski definition) is 1. The second-order valence-electron chi connectivity index (χ2n) is 6.28. The molecule has 2 fully saturated rings. The van der Waals surface area contributed by atoms with Crippen molar-refractivity contribution < 1.29 is 14.6 Å². The third kappa shape index (κ3) is 2.53. The van der Waals surface area contributed by atoms with Gasteiger partial charge in [0.05, 0.1) is 7.11 Å². The van der Waals surface area contributed by atoms with Crippen molar-refractivity contribution >= 4 is 5.97 Å². The maximum atomic E-state index is 11.7. The molecule has 114 valence electrons. The Kier molecular flexibility index (Phi) is 3.89. The number of fused-ring (bicyclic) bond motifs is 1. The van der Waals surface area contributed by atoms with Gasteiger partial charge in [-0.3, -0.25) is 9.69 Å². The molecule has 0 spiro atoms. The lowest BCUT2D eigenvalue weighted by molar-refractivity contribution is -0.144. The SMILES string of the molecule is COc1ccc(C(C)N2CC3CCCC3C2C(=O)O)cc1. The summed E-state index contributed by atoms with van der Waals surface area (Å²) in [7, 11) is 1.65. The fraction of sp³-hybridized carbons (Fsp3) is 0.588. The molecule has 1 aromatic rings. The second kappa shape index (κ2) is 5.68. The van der Waals surface area contributed by atoms with E-state index in [1.165, 1.54) is 12.8 Å². The minimum absolute atomic E-state index is 0.127. The van der Waals surface area contributed by atoms with Gasteiger partial charge < -0.3 is 9.84 Å². The van der Waals surface area contributed by atoms with E-state index < -0.39 is 5.97 Å². The summed E-state index contributed by atoms with van der Waals surface area (Å²) in [6, 6.07) is 7.77. The van der Waals surface area contributed by atoms with Gasteiger partial charge in [0.15, 0.2) is 0 Å². The van der Waals surface area contributed by atoms with Gasteiger partial charge in [0.2, 0.25) is 0 Å². The molecule has 0 amide bonds. The number of carbonyl (C=O) groups is 1. The first-order valence-corrected chi connectivity index (χ1v) is 7.74. The summed E-state index contributed by atoms with van der Waals surface area (Å²) in [6.07, 6.45) is 3.43. The van der Waals surface area contributed by atoms with Gasteiger partial charge in [-0.2, -0.15) is 0 Å². The predicted octanol–water partition coefficient (Wildman–Crippen LogP) is 2.94. The van der Waals surface area contributed by atoms with Crippen molar-refractivity contribution in [3.63, 3.8) is 0 Å². The van der Waals surface area contributed by atoms with E-state index in [0.29, 0.717) is 11.8 Å². The first-order valence-electron chi connectivity index (χ1n) is 7.74. The molecule has 4 nitrogen and oxygen atoms in total. The Morgan fingerprint density at radius 3 is 2.67 bits per heavy atom. The summed E-state index contributed by atoms with van der Waals surface area (Å²) >= 11 is 0. The van der Waals surface area contributed by atoms with E-state index in [4.69, 9.17) is 4.74 Å². The largest absolute Gasteiger partial charge is 0.497 e. The highest BCUT2D eigenvalue weighted by Crippen LogP contribution is 2.45. The van der Waals surface area contributed by atoms with E-state index in [1.54, 1.807) is 7.11 Å². The molecule has 1 heterocycles. The standard InChI is InChI=1S/C17H23NO3/c1-11(12-6-8-14(21-2)9-7-12)18-10-13-4-3-5-15(13)16(18)17(19)20/h6-9,11,13,15-16H,3-5,10H2,1-2H3,(H,19,20). The quantitative estimate of drug-likeness (QED) is 0.926. The Balaban J connectivity index is 1.82. The molecule has 2 aliphatic rings. The Hall–Kier alpha value is -1.55. The highest BCUT2D eigenvalue weighted by atomic mass is 16.5. The molecular formula is C17H23NO3. The normalized spacial score (nSPS) is 30.1. The van der Waals surface area contributed by atoms with Crippen LogP contribution in [0.5, 0.6) is 5.75 Å². The summed E-state index contributed by atoms with van der Waals surface area (Å²) in [5.74, 6) is 1.07. The van der Waals surface area contributed by atoms with Crippen LogP contribution in [0.2, 0.25) is 0 Å². The molecule has 21 heavy (non-hydrogen) atoms. The lowest BCUT2D eigenvalue weighted by Gasteiger charge is -2.30. The van der Waals surface area contributed by atoms with Gasteiger partial charge in [0, 0.05) is 12.6 Å². The van der Waals surface area contributed by atoms with Crippen molar-refractivity contribution in [2.45, 2.75) is 38.3 Å². The van der Waals surface area contributed by atoms with E-state index in [0.717, 1.165) is 24.3 Å². The third-order valence-corrected chi connectivity index (χ3v) is 5.27. The molecule has 1 saturated heterocycles. The predicted molar refractivity (Wildman–Crippen MR) is 80.4 cm³/mol. The monoisotopic (exact) mass is 289 g/mol. The summed E-state index contributed by atoms with van der Waals surface area (Å²) in [6.45, 7) is 3.02. The molecule has 1 saturated carbocycles. The number of rotatable bonds is 4. The molecule has 3 rings (SSSR count). The summed E-state index contributed by atoms with van der Waals surface area (Å²) in [4.78, 5) is 13.9. The molecular weight excluding hydrogens is 266 g/mol. The Bertz CT molecular complexity index is 513. The van der Waals surface area contributed by atoms with Crippen LogP contribution in [0.25, 0.3) is 0 Å². The van der Waals surface area contributed by atoms with Crippen molar-refractivity contribution in [3.8, 4) is 5.75 Å². The Labute approximate surface area is 125 Å². The van der Waals surface area contributed by atoms with Crippen LogP contribution in [-0.4, -0.2) is 35.7 Å². The van der Waals surface area contributed by atoms with Gasteiger partial charge in [-0.15, -0.1) is 0 Å². The maximum absolute atomic E-state index is 11.7.